The van der Waals surface area contributed by atoms with Gasteiger partial charge in [0.15, 0.2) is 11.0 Å². The summed E-state index contributed by atoms with van der Waals surface area (Å²) in [6.45, 7) is 1.66. The van der Waals surface area contributed by atoms with Crippen molar-refractivity contribution in [3.05, 3.63) is 59.1 Å². The van der Waals surface area contributed by atoms with E-state index in [1.807, 2.05) is 0 Å². The molecule has 0 aliphatic carbocycles. The minimum Gasteiger partial charge on any atom is -0.323 e. The summed E-state index contributed by atoms with van der Waals surface area (Å²) in [6.07, 6.45) is 0. The first-order valence-electron chi connectivity index (χ1n) is 7.93. The molecule has 3 aromatic rings. The van der Waals surface area contributed by atoms with E-state index in [0.29, 0.717) is 16.5 Å². The number of hydrogen-bond donors (Lipinski definition) is 1. The Hall–Kier alpha value is -2.45. The van der Waals surface area contributed by atoms with Gasteiger partial charge in [0.25, 0.3) is 0 Å². The van der Waals surface area contributed by atoms with Crippen LogP contribution in [0.5, 0.6) is 0 Å². The predicted octanol–water partition coefficient (Wildman–Crippen LogP) is 4.53. The maximum atomic E-state index is 14.0. The van der Waals surface area contributed by atoms with Crippen LogP contribution in [0.15, 0.2) is 47.6 Å². The van der Waals surface area contributed by atoms with Gasteiger partial charge in [0, 0.05) is 12.1 Å². The van der Waals surface area contributed by atoms with Crippen LogP contribution in [0.2, 0.25) is 5.02 Å². The van der Waals surface area contributed by atoms with Crippen LogP contribution in [0.3, 0.4) is 0 Å². The number of nitrogens with zero attached hydrogens (tertiary/aromatic N) is 3. The van der Waals surface area contributed by atoms with Crippen LogP contribution >= 0.6 is 23.4 Å². The summed E-state index contributed by atoms with van der Waals surface area (Å²) < 4.78 is 29.4. The van der Waals surface area contributed by atoms with Crippen LogP contribution in [-0.2, 0) is 11.8 Å². The number of hydrogen-bond acceptors (Lipinski definition) is 4. The van der Waals surface area contributed by atoms with Crippen LogP contribution in [-0.4, -0.2) is 25.9 Å². The minimum absolute atomic E-state index is 0.0434. The number of rotatable bonds is 5. The topological polar surface area (TPSA) is 59.8 Å². The van der Waals surface area contributed by atoms with Crippen molar-refractivity contribution in [1.29, 1.82) is 0 Å². The van der Waals surface area contributed by atoms with E-state index in [-0.39, 0.29) is 10.7 Å². The monoisotopic (exact) mass is 408 g/mol. The molecule has 2 aromatic carbocycles. The van der Waals surface area contributed by atoms with Gasteiger partial charge >= 0.3 is 0 Å². The number of halogens is 3. The van der Waals surface area contributed by atoms with Crippen molar-refractivity contribution in [1.82, 2.24) is 14.8 Å². The van der Waals surface area contributed by atoms with Gasteiger partial charge in [0.05, 0.1) is 16.5 Å². The van der Waals surface area contributed by atoms with Crippen molar-refractivity contribution in [3.8, 4) is 11.4 Å². The van der Waals surface area contributed by atoms with Gasteiger partial charge in [0.1, 0.15) is 11.6 Å². The van der Waals surface area contributed by atoms with Gasteiger partial charge in [-0.3, -0.25) is 4.79 Å². The fraction of sp³-hybridized carbons (Fsp3) is 0.167. The highest BCUT2D eigenvalue weighted by Gasteiger charge is 2.21. The van der Waals surface area contributed by atoms with Crippen LogP contribution in [0.25, 0.3) is 11.4 Å². The molecule has 1 atom stereocenters. The number of carbonyl (C=O) groups excluding carboxylic acids is 1. The first-order chi connectivity index (χ1) is 12.9. The molecule has 1 aromatic heterocycles. The predicted molar refractivity (Wildman–Crippen MR) is 102 cm³/mol. The molecule has 0 spiro atoms. The molecule has 3 rings (SSSR count). The van der Waals surface area contributed by atoms with Crippen molar-refractivity contribution in [2.75, 3.05) is 5.32 Å². The van der Waals surface area contributed by atoms with Crippen LogP contribution in [0.1, 0.15) is 6.92 Å². The smallest absolute Gasteiger partial charge is 0.237 e. The summed E-state index contributed by atoms with van der Waals surface area (Å²) in [4.78, 5) is 12.3. The molecule has 0 aliphatic heterocycles. The van der Waals surface area contributed by atoms with E-state index < -0.39 is 22.8 Å². The van der Waals surface area contributed by atoms with Gasteiger partial charge in [-0.15, -0.1) is 10.2 Å². The third kappa shape index (κ3) is 4.28. The van der Waals surface area contributed by atoms with Gasteiger partial charge in [-0.1, -0.05) is 35.5 Å². The molecular formula is C18H15ClF2N4OS. The Labute approximate surface area is 163 Å². The molecule has 5 nitrogen and oxygen atoms in total. The van der Waals surface area contributed by atoms with Crippen molar-refractivity contribution >= 4 is 35.0 Å². The third-order valence-corrected chi connectivity index (χ3v) is 5.16. The summed E-state index contributed by atoms with van der Waals surface area (Å²) in [5, 5.41) is 10.7. The number of amides is 1. The van der Waals surface area contributed by atoms with Crippen LogP contribution < -0.4 is 5.32 Å². The average Bonchev–Trinajstić information content (AvgIpc) is 2.98. The summed E-state index contributed by atoms with van der Waals surface area (Å²) in [7, 11) is 1.69. The second-order valence-corrected chi connectivity index (χ2v) is 7.46. The Kier molecular flexibility index (Phi) is 5.76. The molecular weight excluding hydrogens is 394 g/mol. The van der Waals surface area contributed by atoms with Crippen LogP contribution in [0.4, 0.5) is 14.5 Å². The SMILES string of the molecule is C[C@H](Sc1nnc(-c2ccccc2F)n1C)C(=O)Nc1ccc(Cl)cc1F. The lowest BCUT2D eigenvalue weighted by molar-refractivity contribution is -0.115. The van der Waals surface area contributed by atoms with Gasteiger partial charge in [-0.2, -0.15) is 0 Å². The standard InChI is InChI=1S/C18H15ClF2N4OS/c1-10(17(26)22-15-8-7-11(19)9-14(15)21)27-18-24-23-16(25(18)2)12-5-3-4-6-13(12)20/h3-10H,1-2H3,(H,22,26)/t10-/m0/s1. The maximum Gasteiger partial charge on any atom is 0.237 e. The third-order valence-electron chi connectivity index (χ3n) is 3.79. The zero-order valence-electron chi connectivity index (χ0n) is 14.4. The molecule has 9 heteroatoms. The van der Waals surface area contributed by atoms with E-state index in [9.17, 15) is 13.6 Å². The van der Waals surface area contributed by atoms with E-state index in [2.05, 4.69) is 15.5 Å². The van der Waals surface area contributed by atoms with Gasteiger partial charge in [0.2, 0.25) is 5.91 Å². The second-order valence-electron chi connectivity index (χ2n) is 5.72. The number of benzene rings is 2. The number of nitrogens with one attached hydrogen (secondary N) is 1. The molecule has 0 unspecified atom stereocenters. The molecule has 1 N–H and O–H groups in total. The fourth-order valence-electron chi connectivity index (χ4n) is 2.33. The van der Waals surface area contributed by atoms with Gasteiger partial charge < -0.3 is 9.88 Å². The molecule has 0 saturated heterocycles. The Morgan fingerprint density at radius 3 is 2.63 bits per heavy atom. The highest BCUT2D eigenvalue weighted by Crippen LogP contribution is 2.28. The molecule has 140 valence electrons. The lowest BCUT2D eigenvalue weighted by atomic mass is 10.2. The Bertz CT molecular complexity index is 995. The molecule has 0 saturated carbocycles. The Morgan fingerprint density at radius 1 is 1.19 bits per heavy atom. The molecule has 0 aliphatic rings. The Balaban J connectivity index is 1.73. The number of anilines is 1. The van der Waals surface area contributed by atoms with E-state index in [0.717, 1.165) is 17.8 Å². The second kappa shape index (κ2) is 8.06. The van der Waals surface area contributed by atoms with Gasteiger partial charge in [-0.05, 0) is 37.3 Å². The number of thioether (sulfide) groups is 1. The quantitative estimate of drug-likeness (QED) is 0.630. The van der Waals surface area contributed by atoms with Crippen molar-refractivity contribution in [3.63, 3.8) is 0 Å². The van der Waals surface area contributed by atoms with Crippen molar-refractivity contribution in [2.45, 2.75) is 17.3 Å². The van der Waals surface area contributed by atoms with Crippen molar-refractivity contribution < 1.29 is 13.6 Å². The normalized spacial score (nSPS) is 12.0. The summed E-state index contributed by atoms with van der Waals surface area (Å²) in [5.41, 5.74) is 0.363. The lowest BCUT2D eigenvalue weighted by Gasteiger charge is -2.12. The van der Waals surface area contributed by atoms with Crippen molar-refractivity contribution in [2.24, 2.45) is 7.05 Å². The molecule has 1 amide bonds. The minimum atomic E-state index is -0.617. The molecule has 0 radical (unpaired) electrons. The summed E-state index contributed by atoms with van der Waals surface area (Å²) in [6, 6.07) is 10.2. The number of carbonyl (C=O) groups is 1. The zero-order chi connectivity index (χ0) is 19.6. The highest BCUT2D eigenvalue weighted by molar-refractivity contribution is 8.00. The summed E-state index contributed by atoms with van der Waals surface area (Å²) in [5.74, 6) is -1.08. The first kappa shape index (κ1) is 19.3. The molecule has 0 bridgehead atoms. The van der Waals surface area contributed by atoms with E-state index in [1.54, 1.807) is 36.7 Å². The van der Waals surface area contributed by atoms with Crippen LogP contribution in [0, 0.1) is 11.6 Å². The zero-order valence-corrected chi connectivity index (χ0v) is 16.0. The molecule has 0 fully saturated rings. The fourth-order valence-corrected chi connectivity index (χ4v) is 3.30. The molecule has 1 heterocycles. The first-order valence-corrected chi connectivity index (χ1v) is 9.19. The summed E-state index contributed by atoms with van der Waals surface area (Å²) >= 11 is 6.84. The largest absolute Gasteiger partial charge is 0.323 e. The van der Waals surface area contributed by atoms with Gasteiger partial charge in [-0.25, -0.2) is 8.78 Å². The maximum absolute atomic E-state index is 14.0. The average molecular weight is 409 g/mol. The molecule has 27 heavy (non-hydrogen) atoms. The highest BCUT2D eigenvalue weighted by atomic mass is 35.5. The van der Waals surface area contributed by atoms with E-state index in [4.69, 9.17) is 11.6 Å². The lowest BCUT2D eigenvalue weighted by Crippen LogP contribution is -2.23. The Morgan fingerprint density at radius 2 is 1.93 bits per heavy atom. The van der Waals surface area contributed by atoms with E-state index in [1.165, 1.54) is 18.2 Å². The number of aromatic nitrogens is 3. The van der Waals surface area contributed by atoms with E-state index >= 15 is 0 Å².